The third-order valence-electron chi connectivity index (χ3n) is 2.28. The summed E-state index contributed by atoms with van der Waals surface area (Å²) in [5.74, 6) is -0.883. The molecule has 2 rings (SSSR count). The Morgan fingerprint density at radius 3 is 2.53 bits per heavy atom. The van der Waals surface area contributed by atoms with Gasteiger partial charge in [0.25, 0.3) is 5.91 Å². The van der Waals surface area contributed by atoms with E-state index in [0.717, 1.165) is 0 Å². The van der Waals surface area contributed by atoms with E-state index in [-0.39, 0.29) is 0 Å². The first kappa shape index (κ1) is 11.5. The van der Waals surface area contributed by atoms with Crippen molar-refractivity contribution in [3.05, 3.63) is 41.2 Å². The highest BCUT2D eigenvalue weighted by Gasteiger charge is 2.13. The van der Waals surface area contributed by atoms with Crippen LogP contribution in [-0.4, -0.2) is 16.8 Å². The SMILES string of the molecule is CC(=O)NC(=O)c1cnc(Cl)c2ccccc12. The van der Waals surface area contributed by atoms with Gasteiger partial charge < -0.3 is 0 Å². The molecule has 1 aromatic carbocycles. The van der Waals surface area contributed by atoms with E-state index >= 15 is 0 Å². The Labute approximate surface area is 103 Å². The quantitative estimate of drug-likeness (QED) is 0.787. The summed E-state index contributed by atoms with van der Waals surface area (Å²) in [6.45, 7) is 1.28. The van der Waals surface area contributed by atoms with Gasteiger partial charge in [0.1, 0.15) is 5.15 Å². The predicted molar refractivity (Wildman–Crippen MR) is 64.9 cm³/mol. The van der Waals surface area contributed by atoms with Crippen LogP contribution in [0.1, 0.15) is 17.3 Å². The van der Waals surface area contributed by atoms with Gasteiger partial charge in [-0.1, -0.05) is 35.9 Å². The molecule has 0 spiro atoms. The topological polar surface area (TPSA) is 59.1 Å². The lowest BCUT2D eigenvalue weighted by atomic mass is 10.1. The molecule has 0 saturated carbocycles. The third-order valence-corrected chi connectivity index (χ3v) is 2.58. The highest BCUT2D eigenvalue weighted by Crippen LogP contribution is 2.23. The Hall–Kier alpha value is -1.94. The smallest absolute Gasteiger partial charge is 0.260 e. The summed E-state index contributed by atoms with van der Waals surface area (Å²) < 4.78 is 0. The molecule has 1 aromatic heterocycles. The molecule has 1 N–H and O–H groups in total. The van der Waals surface area contributed by atoms with Crippen LogP contribution in [0.5, 0.6) is 0 Å². The summed E-state index contributed by atoms with van der Waals surface area (Å²) in [5.41, 5.74) is 0.334. The maximum absolute atomic E-state index is 11.8. The van der Waals surface area contributed by atoms with E-state index in [4.69, 9.17) is 11.6 Å². The van der Waals surface area contributed by atoms with Crippen molar-refractivity contribution >= 4 is 34.2 Å². The predicted octanol–water partition coefficient (Wildman–Crippen LogP) is 2.16. The average molecular weight is 249 g/mol. The van der Waals surface area contributed by atoms with Crippen molar-refractivity contribution in [3.63, 3.8) is 0 Å². The van der Waals surface area contributed by atoms with Gasteiger partial charge in [-0.25, -0.2) is 4.98 Å². The minimum absolute atomic E-state index is 0.333. The molecular formula is C12H9ClN2O2. The first-order valence-electron chi connectivity index (χ1n) is 4.95. The minimum Gasteiger partial charge on any atom is -0.292 e. The van der Waals surface area contributed by atoms with Crippen molar-refractivity contribution in [2.24, 2.45) is 0 Å². The molecule has 0 atom stereocenters. The van der Waals surface area contributed by atoms with E-state index in [1.807, 2.05) is 6.07 Å². The molecule has 2 aromatic rings. The number of halogens is 1. The van der Waals surface area contributed by atoms with E-state index in [2.05, 4.69) is 10.3 Å². The van der Waals surface area contributed by atoms with Crippen LogP contribution < -0.4 is 5.32 Å². The summed E-state index contributed by atoms with van der Waals surface area (Å²) in [6, 6.07) is 7.14. The number of nitrogens with zero attached hydrogens (tertiary/aromatic N) is 1. The zero-order valence-electron chi connectivity index (χ0n) is 9.03. The van der Waals surface area contributed by atoms with Crippen LogP contribution in [0.25, 0.3) is 10.8 Å². The number of amides is 2. The second-order valence-electron chi connectivity index (χ2n) is 3.52. The van der Waals surface area contributed by atoms with Crippen molar-refractivity contribution in [3.8, 4) is 0 Å². The molecule has 4 nitrogen and oxygen atoms in total. The van der Waals surface area contributed by atoms with Crippen molar-refractivity contribution in [2.75, 3.05) is 0 Å². The van der Waals surface area contributed by atoms with Crippen molar-refractivity contribution < 1.29 is 9.59 Å². The maximum Gasteiger partial charge on any atom is 0.260 e. The molecule has 0 unspecified atom stereocenters. The lowest BCUT2D eigenvalue weighted by Gasteiger charge is -2.06. The van der Waals surface area contributed by atoms with Gasteiger partial charge in [0.2, 0.25) is 5.91 Å². The number of nitrogens with one attached hydrogen (secondary N) is 1. The van der Waals surface area contributed by atoms with Gasteiger partial charge in [-0.3, -0.25) is 14.9 Å². The molecule has 1 heterocycles. The van der Waals surface area contributed by atoms with Crippen LogP contribution >= 0.6 is 11.6 Å². The first-order valence-corrected chi connectivity index (χ1v) is 5.32. The van der Waals surface area contributed by atoms with E-state index in [9.17, 15) is 9.59 Å². The van der Waals surface area contributed by atoms with Crippen LogP contribution in [0.2, 0.25) is 5.15 Å². The number of pyridine rings is 1. The summed E-state index contributed by atoms with van der Waals surface area (Å²) in [5, 5.41) is 3.90. The molecular weight excluding hydrogens is 240 g/mol. The molecule has 5 heteroatoms. The van der Waals surface area contributed by atoms with E-state index in [1.165, 1.54) is 13.1 Å². The number of imide groups is 1. The average Bonchev–Trinajstić information content (AvgIpc) is 2.29. The number of carbonyl (C=O) groups excluding carboxylic acids is 2. The highest BCUT2D eigenvalue weighted by molar-refractivity contribution is 6.34. The molecule has 0 aliphatic rings. The zero-order valence-corrected chi connectivity index (χ0v) is 9.78. The van der Waals surface area contributed by atoms with Crippen LogP contribution in [0.4, 0.5) is 0 Å². The second-order valence-corrected chi connectivity index (χ2v) is 3.88. The van der Waals surface area contributed by atoms with Crippen LogP contribution in [0, 0.1) is 0 Å². The molecule has 0 bridgehead atoms. The molecule has 17 heavy (non-hydrogen) atoms. The molecule has 0 radical (unpaired) electrons. The van der Waals surface area contributed by atoms with Crippen LogP contribution in [0.3, 0.4) is 0 Å². The fourth-order valence-corrected chi connectivity index (χ4v) is 1.78. The Bertz CT molecular complexity index is 610. The van der Waals surface area contributed by atoms with Gasteiger partial charge in [-0.15, -0.1) is 0 Å². The summed E-state index contributed by atoms with van der Waals surface area (Å²) in [7, 11) is 0. The number of hydrogen-bond donors (Lipinski definition) is 1. The molecule has 86 valence electrons. The Balaban J connectivity index is 2.59. The molecule has 0 aliphatic heterocycles. The second kappa shape index (κ2) is 4.51. The zero-order chi connectivity index (χ0) is 12.4. The number of fused-ring (bicyclic) bond motifs is 1. The van der Waals surface area contributed by atoms with Crippen molar-refractivity contribution in [1.29, 1.82) is 0 Å². The molecule has 0 aliphatic carbocycles. The number of carbonyl (C=O) groups is 2. The van der Waals surface area contributed by atoms with E-state index in [1.54, 1.807) is 18.2 Å². The summed E-state index contributed by atoms with van der Waals surface area (Å²) in [4.78, 5) is 26.5. The first-order chi connectivity index (χ1) is 8.09. The number of aromatic nitrogens is 1. The maximum atomic E-state index is 11.8. The lowest BCUT2D eigenvalue weighted by molar-refractivity contribution is -0.118. The van der Waals surface area contributed by atoms with Crippen LogP contribution in [-0.2, 0) is 4.79 Å². The number of benzene rings is 1. The summed E-state index contributed by atoms with van der Waals surface area (Å²) in [6.07, 6.45) is 1.36. The molecule has 2 amide bonds. The Morgan fingerprint density at radius 2 is 1.88 bits per heavy atom. The van der Waals surface area contributed by atoms with Crippen molar-refractivity contribution in [2.45, 2.75) is 6.92 Å². The van der Waals surface area contributed by atoms with Gasteiger partial charge in [-0.05, 0) is 5.39 Å². The lowest BCUT2D eigenvalue weighted by Crippen LogP contribution is -2.28. The van der Waals surface area contributed by atoms with Crippen molar-refractivity contribution in [1.82, 2.24) is 10.3 Å². The largest absolute Gasteiger partial charge is 0.292 e. The Kier molecular flexibility index (Phi) is 3.06. The van der Waals surface area contributed by atoms with Gasteiger partial charge in [0.05, 0.1) is 5.56 Å². The number of rotatable bonds is 1. The molecule has 0 saturated heterocycles. The van der Waals surface area contributed by atoms with E-state index < -0.39 is 11.8 Å². The van der Waals surface area contributed by atoms with Gasteiger partial charge in [0.15, 0.2) is 0 Å². The third kappa shape index (κ3) is 2.26. The normalized spacial score (nSPS) is 10.2. The monoisotopic (exact) mass is 248 g/mol. The van der Waals surface area contributed by atoms with Crippen LogP contribution in [0.15, 0.2) is 30.5 Å². The highest BCUT2D eigenvalue weighted by atomic mass is 35.5. The standard InChI is InChI=1S/C12H9ClN2O2/c1-7(16)15-12(17)10-6-14-11(13)9-5-3-2-4-8(9)10/h2-6H,1H3,(H,15,16,17). The number of hydrogen-bond acceptors (Lipinski definition) is 3. The molecule has 0 fully saturated rings. The Morgan fingerprint density at radius 1 is 1.24 bits per heavy atom. The fraction of sp³-hybridized carbons (Fsp3) is 0.0833. The fourth-order valence-electron chi connectivity index (χ4n) is 1.57. The minimum atomic E-state index is -0.474. The van der Waals surface area contributed by atoms with Gasteiger partial charge in [0, 0.05) is 18.5 Å². The van der Waals surface area contributed by atoms with Gasteiger partial charge >= 0.3 is 0 Å². The van der Waals surface area contributed by atoms with Gasteiger partial charge in [-0.2, -0.15) is 0 Å². The summed E-state index contributed by atoms with van der Waals surface area (Å²) >= 11 is 5.93. The van der Waals surface area contributed by atoms with E-state index in [0.29, 0.717) is 21.5 Å².